The number of nitrogens with one attached hydrogen (secondary N) is 2. The molecule has 0 spiro atoms. The first-order valence-corrected chi connectivity index (χ1v) is 11.9. The van der Waals surface area contributed by atoms with Crippen LogP contribution in [0.25, 0.3) is 0 Å². The fraction of sp³-hybridized carbons (Fsp3) is 0.208. The molecule has 3 aromatic rings. The molecule has 0 heterocycles. The number of rotatable bonds is 8. The zero-order valence-electron chi connectivity index (χ0n) is 18.2. The van der Waals surface area contributed by atoms with Gasteiger partial charge in [0.05, 0.1) is 16.6 Å². The molecule has 168 valence electrons. The lowest BCUT2D eigenvalue weighted by atomic mass is 10.1. The largest absolute Gasteiger partial charge is 0.350 e. The van der Waals surface area contributed by atoms with Crippen molar-refractivity contribution in [3.63, 3.8) is 0 Å². The minimum Gasteiger partial charge on any atom is -0.350 e. The molecule has 0 saturated carbocycles. The molecule has 1 atom stereocenters. The van der Waals surface area contributed by atoms with Crippen molar-refractivity contribution in [3.05, 3.63) is 94.5 Å². The first kappa shape index (κ1) is 23.8. The molecule has 6 nitrogen and oxygen atoms in total. The highest BCUT2D eigenvalue weighted by atomic mass is 35.5. The maximum absolute atomic E-state index is 12.7. The van der Waals surface area contributed by atoms with Crippen LogP contribution in [-0.2, 0) is 10.0 Å². The third-order valence-electron chi connectivity index (χ3n) is 5.16. The maximum Gasteiger partial charge on any atom is 0.261 e. The van der Waals surface area contributed by atoms with Crippen molar-refractivity contribution in [2.75, 3.05) is 25.4 Å². The summed E-state index contributed by atoms with van der Waals surface area (Å²) in [7, 11) is 0.0767. The molecule has 8 heteroatoms. The van der Waals surface area contributed by atoms with E-state index in [1.54, 1.807) is 12.1 Å². The van der Waals surface area contributed by atoms with E-state index in [1.165, 1.54) is 24.3 Å². The topological polar surface area (TPSA) is 78.5 Å². The van der Waals surface area contributed by atoms with Gasteiger partial charge in [0.1, 0.15) is 0 Å². The van der Waals surface area contributed by atoms with Crippen molar-refractivity contribution >= 4 is 33.2 Å². The monoisotopic (exact) mass is 471 g/mol. The number of carbonyl (C=O) groups is 1. The van der Waals surface area contributed by atoms with Crippen molar-refractivity contribution in [1.29, 1.82) is 0 Å². The van der Waals surface area contributed by atoms with Gasteiger partial charge in [0.25, 0.3) is 15.9 Å². The van der Waals surface area contributed by atoms with Gasteiger partial charge in [-0.3, -0.25) is 9.52 Å². The third-order valence-corrected chi connectivity index (χ3v) is 6.89. The number of benzene rings is 3. The number of hydrogen-bond acceptors (Lipinski definition) is 4. The Morgan fingerprint density at radius 3 is 2.22 bits per heavy atom. The quantitative estimate of drug-likeness (QED) is 0.507. The van der Waals surface area contributed by atoms with Gasteiger partial charge in [0, 0.05) is 17.1 Å². The molecule has 0 radical (unpaired) electrons. The van der Waals surface area contributed by atoms with Gasteiger partial charge in [-0.2, -0.15) is 0 Å². The Morgan fingerprint density at radius 1 is 0.969 bits per heavy atom. The second-order valence-electron chi connectivity index (χ2n) is 7.66. The summed E-state index contributed by atoms with van der Waals surface area (Å²) in [4.78, 5) is 14.7. The van der Waals surface area contributed by atoms with Gasteiger partial charge in [-0.05, 0) is 68.5 Å². The summed E-state index contributed by atoms with van der Waals surface area (Å²) < 4.78 is 27.9. The molecule has 3 rings (SSSR count). The van der Waals surface area contributed by atoms with Crippen LogP contribution >= 0.6 is 11.6 Å². The Hall–Kier alpha value is -2.87. The molecular formula is C24H26ClN3O3S. The normalized spacial score (nSPS) is 12.4. The maximum atomic E-state index is 12.7. The van der Waals surface area contributed by atoms with Gasteiger partial charge in [-0.1, -0.05) is 48.0 Å². The summed E-state index contributed by atoms with van der Waals surface area (Å²) in [6, 6.07) is 20.4. The number of nitrogens with zero attached hydrogens (tertiary/aromatic N) is 1. The SMILES string of the molecule is Cc1ccccc1NS(=O)(=O)c1ccc(C(=O)NCC(c2ccccc2Cl)N(C)C)cc1. The van der Waals surface area contributed by atoms with Crippen LogP contribution in [0.1, 0.15) is 27.5 Å². The van der Waals surface area contributed by atoms with Crippen LogP contribution in [0.3, 0.4) is 0 Å². The van der Waals surface area contributed by atoms with Crippen LogP contribution in [-0.4, -0.2) is 39.9 Å². The molecule has 0 aliphatic carbocycles. The van der Waals surface area contributed by atoms with E-state index in [0.29, 0.717) is 22.8 Å². The van der Waals surface area contributed by atoms with E-state index in [4.69, 9.17) is 11.6 Å². The van der Waals surface area contributed by atoms with Crippen molar-refractivity contribution < 1.29 is 13.2 Å². The molecule has 2 N–H and O–H groups in total. The number of halogens is 1. The number of sulfonamides is 1. The number of hydrogen-bond donors (Lipinski definition) is 2. The smallest absolute Gasteiger partial charge is 0.261 e. The number of amides is 1. The highest BCUT2D eigenvalue weighted by Crippen LogP contribution is 2.25. The molecule has 0 aliphatic heterocycles. The standard InChI is InChI=1S/C24H26ClN3O3S/c1-17-8-4-7-11-22(17)27-32(30,31)19-14-12-18(13-15-19)24(29)26-16-23(28(2)3)20-9-5-6-10-21(20)25/h4-15,23,27H,16H2,1-3H3,(H,26,29). The fourth-order valence-corrected chi connectivity index (χ4v) is 4.68. The predicted octanol–water partition coefficient (Wildman–Crippen LogP) is 4.48. The molecule has 1 unspecified atom stereocenters. The molecule has 0 aromatic heterocycles. The van der Waals surface area contributed by atoms with Crippen molar-refractivity contribution in [2.45, 2.75) is 17.9 Å². The molecule has 1 amide bonds. The van der Waals surface area contributed by atoms with Crippen LogP contribution < -0.4 is 10.0 Å². The molecule has 3 aromatic carbocycles. The zero-order valence-corrected chi connectivity index (χ0v) is 19.7. The van der Waals surface area contributed by atoms with Crippen molar-refractivity contribution in [3.8, 4) is 0 Å². The van der Waals surface area contributed by atoms with Crippen molar-refractivity contribution in [1.82, 2.24) is 10.2 Å². The van der Waals surface area contributed by atoms with E-state index in [1.807, 2.05) is 62.3 Å². The number of para-hydroxylation sites is 1. The molecule has 32 heavy (non-hydrogen) atoms. The molecule has 0 aliphatic rings. The number of aryl methyl sites for hydroxylation is 1. The fourth-order valence-electron chi connectivity index (χ4n) is 3.28. The van der Waals surface area contributed by atoms with Crippen LogP contribution in [0.4, 0.5) is 5.69 Å². The minimum absolute atomic E-state index is 0.0829. The first-order valence-electron chi connectivity index (χ1n) is 10.1. The van der Waals surface area contributed by atoms with Crippen molar-refractivity contribution in [2.24, 2.45) is 0 Å². The highest BCUT2D eigenvalue weighted by molar-refractivity contribution is 7.92. The van der Waals surface area contributed by atoms with Gasteiger partial charge in [-0.15, -0.1) is 0 Å². The Kier molecular flexibility index (Phi) is 7.56. The second kappa shape index (κ2) is 10.2. The van der Waals surface area contributed by atoms with Gasteiger partial charge >= 0.3 is 0 Å². The predicted molar refractivity (Wildman–Crippen MR) is 129 cm³/mol. The van der Waals surface area contributed by atoms with E-state index in [0.717, 1.165) is 11.1 Å². The van der Waals surface area contributed by atoms with E-state index < -0.39 is 10.0 Å². The minimum atomic E-state index is -3.76. The summed E-state index contributed by atoms with van der Waals surface area (Å²) in [5.41, 5.74) is 2.63. The van der Waals surface area contributed by atoms with Crippen LogP contribution in [0.15, 0.2) is 77.7 Å². The number of carbonyl (C=O) groups excluding carboxylic acids is 1. The van der Waals surface area contributed by atoms with Crippen LogP contribution in [0.2, 0.25) is 5.02 Å². The zero-order chi connectivity index (χ0) is 23.3. The van der Waals surface area contributed by atoms with E-state index in [-0.39, 0.29) is 16.8 Å². The molecule has 0 bridgehead atoms. The highest BCUT2D eigenvalue weighted by Gasteiger charge is 2.19. The molecular weight excluding hydrogens is 446 g/mol. The van der Waals surface area contributed by atoms with Gasteiger partial charge in [-0.25, -0.2) is 8.42 Å². The van der Waals surface area contributed by atoms with Crippen LogP contribution in [0.5, 0.6) is 0 Å². The van der Waals surface area contributed by atoms with E-state index in [9.17, 15) is 13.2 Å². The summed E-state index contributed by atoms with van der Waals surface area (Å²) >= 11 is 6.32. The Bertz CT molecular complexity index is 1200. The summed E-state index contributed by atoms with van der Waals surface area (Å²) in [5, 5.41) is 3.54. The van der Waals surface area contributed by atoms with Gasteiger partial charge < -0.3 is 10.2 Å². The average Bonchev–Trinajstić information content (AvgIpc) is 2.76. The first-order chi connectivity index (χ1) is 15.2. The second-order valence-corrected chi connectivity index (χ2v) is 9.75. The Labute approximate surface area is 194 Å². The van der Waals surface area contributed by atoms with Crippen LogP contribution in [0, 0.1) is 6.92 Å². The van der Waals surface area contributed by atoms with Gasteiger partial charge in [0.15, 0.2) is 0 Å². The summed E-state index contributed by atoms with van der Waals surface area (Å²) in [6.07, 6.45) is 0. The van der Waals surface area contributed by atoms with Gasteiger partial charge in [0.2, 0.25) is 0 Å². The summed E-state index contributed by atoms with van der Waals surface area (Å²) in [6.45, 7) is 2.18. The Morgan fingerprint density at radius 2 is 1.59 bits per heavy atom. The Balaban J connectivity index is 1.69. The summed E-state index contributed by atoms with van der Waals surface area (Å²) in [5.74, 6) is -0.292. The lowest BCUT2D eigenvalue weighted by Crippen LogP contribution is -2.34. The van der Waals surface area contributed by atoms with E-state index >= 15 is 0 Å². The molecule has 0 saturated heterocycles. The lowest BCUT2D eigenvalue weighted by molar-refractivity contribution is 0.0942. The number of anilines is 1. The lowest BCUT2D eigenvalue weighted by Gasteiger charge is -2.26. The molecule has 0 fully saturated rings. The van der Waals surface area contributed by atoms with E-state index in [2.05, 4.69) is 10.0 Å². The number of likely N-dealkylation sites (N-methyl/N-ethyl adjacent to an activating group) is 1. The third kappa shape index (κ3) is 5.68. The average molecular weight is 472 g/mol.